The molecule has 3 rings (SSSR count). The molecule has 0 spiro atoms. The second-order valence-electron chi connectivity index (χ2n) is 5.78. The van der Waals surface area contributed by atoms with Gasteiger partial charge in [0.2, 0.25) is 5.91 Å². The van der Waals surface area contributed by atoms with Gasteiger partial charge in [-0.15, -0.1) is 11.3 Å². The van der Waals surface area contributed by atoms with Crippen molar-refractivity contribution in [2.24, 2.45) is 5.92 Å². The fraction of sp³-hybridized carbons (Fsp3) is 0.471. The Labute approximate surface area is 124 Å². The van der Waals surface area contributed by atoms with Crippen molar-refractivity contribution in [2.75, 3.05) is 0 Å². The van der Waals surface area contributed by atoms with Crippen LogP contribution in [0.5, 0.6) is 0 Å². The lowest BCUT2D eigenvalue weighted by Gasteiger charge is -2.27. The maximum Gasteiger partial charge on any atom is 0.246 e. The summed E-state index contributed by atoms with van der Waals surface area (Å²) in [4.78, 5) is 16.8. The molecule has 2 aliphatic carbocycles. The molecule has 1 aromatic heterocycles. The van der Waals surface area contributed by atoms with Crippen molar-refractivity contribution < 1.29 is 4.79 Å². The Morgan fingerprint density at radius 1 is 1.30 bits per heavy atom. The molecule has 1 heterocycles. The van der Waals surface area contributed by atoms with Gasteiger partial charge in [0.1, 0.15) is 0 Å². The highest BCUT2D eigenvalue weighted by atomic mass is 32.1. The molecule has 0 saturated heterocycles. The molecule has 1 fully saturated rings. The van der Waals surface area contributed by atoms with E-state index in [1.807, 2.05) is 16.2 Å². The largest absolute Gasteiger partial charge is 0.330 e. The van der Waals surface area contributed by atoms with Crippen LogP contribution < -0.4 is 0 Å². The summed E-state index contributed by atoms with van der Waals surface area (Å²) in [7, 11) is 0. The van der Waals surface area contributed by atoms with Gasteiger partial charge in [0.25, 0.3) is 0 Å². The first kappa shape index (κ1) is 13.6. The summed E-state index contributed by atoms with van der Waals surface area (Å²) < 4.78 is 0. The van der Waals surface area contributed by atoms with E-state index in [1.54, 1.807) is 0 Å². The summed E-state index contributed by atoms with van der Waals surface area (Å²) >= 11 is 1.87. The summed E-state index contributed by atoms with van der Waals surface area (Å²) in [6.07, 6.45) is 11.7. The number of carbonyl (C=O) groups is 1. The average molecular weight is 287 g/mol. The van der Waals surface area contributed by atoms with Crippen molar-refractivity contribution >= 4 is 17.2 Å². The van der Waals surface area contributed by atoms with Crippen LogP contribution in [0.1, 0.15) is 35.4 Å². The molecule has 1 amide bonds. The van der Waals surface area contributed by atoms with Crippen molar-refractivity contribution in [2.45, 2.75) is 44.7 Å². The molecule has 3 heteroatoms. The van der Waals surface area contributed by atoms with E-state index in [2.05, 4.69) is 30.9 Å². The Morgan fingerprint density at radius 3 is 2.65 bits per heavy atom. The molecule has 1 saturated carbocycles. The van der Waals surface area contributed by atoms with Gasteiger partial charge in [-0.3, -0.25) is 4.79 Å². The molecule has 0 bridgehead atoms. The van der Waals surface area contributed by atoms with Gasteiger partial charge in [-0.1, -0.05) is 18.7 Å². The minimum Gasteiger partial charge on any atom is -0.330 e. The van der Waals surface area contributed by atoms with Crippen molar-refractivity contribution in [3.63, 3.8) is 0 Å². The highest BCUT2D eigenvalue weighted by molar-refractivity contribution is 7.12. The minimum atomic E-state index is 0.0517. The molecule has 0 radical (unpaired) electrons. The lowest BCUT2D eigenvalue weighted by atomic mass is 10.2. The fourth-order valence-electron chi connectivity index (χ4n) is 2.75. The lowest BCUT2D eigenvalue weighted by molar-refractivity contribution is -0.128. The molecule has 2 aliphatic rings. The van der Waals surface area contributed by atoms with Gasteiger partial charge >= 0.3 is 0 Å². The van der Waals surface area contributed by atoms with Crippen molar-refractivity contribution in [3.05, 3.63) is 46.7 Å². The van der Waals surface area contributed by atoms with Crippen LogP contribution in [0.25, 0.3) is 0 Å². The number of hydrogen-bond acceptors (Lipinski definition) is 2. The third-order valence-corrected chi connectivity index (χ3v) is 5.20. The Balaban J connectivity index is 1.66. The first-order valence-corrected chi connectivity index (χ1v) is 8.23. The summed E-state index contributed by atoms with van der Waals surface area (Å²) in [5.41, 5.74) is 0. The molecule has 0 aromatic carbocycles. The Kier molecular flexibility index (Phi) is 4.06. The van der Waals surface area contributed by atoms with Crippen LogP contribution >= 0.6 is 11.3 Å². The monoisotopic (exact) mass is 287 g/mol. The predicted octanol–water partition coefficient (Wildman–Crippen LogP) is 3.93. The SMILES string of the molecule is C=CC(=O)N(Cc1ccc(CC2CC2)s1)C1CC=CC1. The normalized spacial score (nSPS) is 18.4. The zero-order valence-corrected chi connectivity index (χ0v) is 12.6. The first-order chi connectivity index (χ1) is 9.76. The number of nitrogens with zero attached hydrogens (tertiary/aromatic N) is 1. The zero-order valence-electron chi connectivity index (χ0n) is 11.8. The quantitative estimate of drug-likeness (QED) is 0.573. The van der Waals surface area contributed by atoms with E-state index in [0.717, 1.165) is 25.3 Å². The number of thiophene rings is 1. The van der Waals surface area contributed by atoms with Gasteiger partial charge in [-0.2, -0.15) is 0 Å². The highest BCUT2D eigenvalue weighted by Crippen LogP contribution is 2.35. The van der Waals surface area contributed by atoms with Gasteiger partial charge in [0.05, 0.1) is 6.54 Å². The van der Waals surface area contributed by atoms with Crippen LogP contribution in [0.15, 0.2) is 36.9 Å². The molecular weight excluding hydrogens is 266 g/mol. The third-order valence-electron chi connectivity index (χ3n) is 4.11. The molecule has 0 unspecified atom stereocenters. The smallest absolute Gasteiger partial charge is 0.246 e. The Morgan fingerprint density at radius 2 is 2.00 bits per heavy atom. The van der Waals surface area contributed by atoms with Crippen LogP contribution in [0.4, 0.5) is 0 Å². The van der Waals surface area contributed by atoms with Gasteiger partial charge in [0.15, 0.2) is 0 Å². The van der Waals surface area contributed by atoms with Crippen molar-refractivity contribution in [3.8, 4) is 0 Å². The maximum absolute atomic E-state index is 12.1. The average Bonchev–Trinajstić information content (AvgIpc) is 2.94. The predicted molar refractivity (Wildman–Crippen MR) is 83.7 cm³/mol. The van der Waals surface area contributed by atoms with E-state index in [4.69, 9.17) is 0 Å². The lowest BCUT2D eigenvalue weighted by Crippen LogP contribution is -2.37. The van der Waals surface area contributed by atoms with E-state index >= 15 is 0 Å². The van der Waals surface area contributed by atoms with Gasteiger partial charge in [0, 0.05) is 15.8 Å². The number of carbonyl (C=O) groups excluding carboxylic acids is 1. The van der Waals surface area contributed by atoms with Crippen molar-refractivity contribution in [1.82, 2.24) is 4.90 Å². The molecule has 0 aliphatic heterocycles. The topological polar surface area (TPSA) is 20.3 Å². The summed E-state index contributed by atoms with van der Waals surface area (Å²) in [5, 5.41) is 0. The number of amides is 1. The molecule has 20 heavy (non-hydrogen) atoms. The second-order valence-corrected chi connectivity index (χ2v) is 7.04. The van der Waals surface area contributed by atoms with Crippen molar-refractivity contribution in [1.29, 1.82) is 0 Å². The van der Waals surface area contributed by atoms with Crippen LogP contribution in [0, 0.1) is 5.92 Å². The summed E-state index contributed by atoms with van der Waals surface area (Å²) in [6, 6.07) is 4.74. The minimum absolute atomic E-state index is 0.0517. The van der Waals surface area contributed by atoms with E-state index in [-0.39, 0.29) is 5.91 Å². The van der Waals surface area contributed by atoms with Crippen LogP contribution in [-0.4, -0.2) is 16.8 Å². The van der Waals surface area contributed by atoms with E-state index < -0.39 is 0 Å². The van der Waals surface area contributed by atoms with Gasteiger partial charge in [-0.05, 0) is 56.2 Å². The Hall–Kier alpha value is -1.35. The Bertz CT molecular complexity index is 519. The fourth-order valence-corrected chi connectivity index (χ4v) is 3.88. The number of rotatable bonds is 6. The molecule has 0 atom stereocenters. The summed E-state index contributed by atoms with van der Waals surface area (Å²) in [5.74, 6) is 0.974. The first-order valence-electron chi connectivity index (χ1n) is 7.42. The molecule has 1 aromatic rings. The molecule has 0 N–H and O–H groups in total. The van der Waals surface area contributed by atoms with E-state index in [0.29, 0.717) is 6.04 Å². The summed E-state index contributed by atoms with van der Waals surface area (Å²) in [6.45, 7) is 4.37. The standard InChI is InChI=1S/C17H21NOS/c1-2-17(19)18(14-5-3-4-6-14)12-16-10-9-15(20-16)11-13-7-8-13/h2-4,9-10,13-14H,1,5-8,11-12H2. The maximum atomic E-state index is 12.1. The molecule has 106 valence electrons. The van der Waals surface area contributed by atoms with Crippen LogP contribution in [-0.2, 0) is 17.8 Å². The third kappa shape index (κ3) is 3.21. The molecular formula is C17H21NOS. The zero-order chi connectivity index (χ0) is 13.9. The number of hydrogen-bond donors (Lipinski definition) is 0. The van der Waals surface area contributed by atoms with Gasteiger partial charge < -0.3 is 4.90 Å². The second kappa shape index (κ2) is 5.96. The van der Waals surface area contributed by atoms with Crippen LogP contribution in [0.3, 0.4) is 0 Å². The van der Waals surface area contributed by atoms with Crippen LogP contribution in [0.2, 0.25) is 0 Å². The van der Waals surface area contributed by atoms with Gasteiger partial charge in [-0.25, -0.2) is 0 Å². The highest BCUT2D eigenvalue weighted by Gasteiger charge is 2.24. The van der Waals surface area contributed by atoms with E-state index in [1.165, 1.54) is 35.1 Å². The molecule has 2 nitrogen and oxygen atoms in total. The van der Waals surface area contributed by atoms with E-state index in [9.17, 15) is 4.79 Å².